The van der Waals surface area contributed by atoms with Crippen LogP contribution in [0, 0.1) is 5.82 Å². The van der Waals surface area contributed by atoms with Crippen LogP contribution < -0.4 is 11.0 Å². The molecule has 1 atom stereocenters. The number of hydrogen-bond donors (Lipinski definition) is 1. The van der Waals surface area contributed by atoms with Crippen molar-refractivity contribution in [2.45, 2.75) is 13.0 Å². The highest BCUT2D eigenvalue weighted by Crippen LogP contribution is 2.18. The van der Waals surface area contributed by atoms with Gasteiger partial charge in [0.2, 0.25) is 5.91 Å². The molecule has 6 nitrogen and oxygen atoms in total. The van der Waals surface area contributed by atoms with Gasteiger partial charge in [0, 0.05) is 16.3 Å². The molecule has 0 radical (unpaired) electrons. The zero-order valence-electron chi connectivity index (χ0n) is 13.7. The first-order valence-electron chi connectivity index (χ1n) is 7.72. The minimum Gasteiger partial charge on any atom is -0.324 e. The third-order valence-corrected chi connectivity index (χ3v) is 3.97. The molecule has 1 N–H and O–H groups in total. The smallest absolute Gasteiger partial charge is 0.324 e. The Hall–Kier alpha value is -3.06. The van der Waals surface area contributed by atoms with E-state index >= 15 is 0 Å². The summed E-state index contributed by atoms with van der Waals surface area (Å²) < 4.78 is 13.9. The number of hydrogen-bond acceptors (Lipinski definition) is 4. The van der Waals surface area contributed by atoms with Crippen LogP contribution in [0.25, 0.3) is 11.3 Å². The van der Waals surface area contributed by atoms with E-state index in [-0.39, 0.29) is 0 Å². The van der Waals surface area contributed by atoms with Crippen LogP contribution in [0.15, 0.2) is 59.5 Å². The Morgan fingerprint density at radius 3 is 2.42 bits per heavy atom. The molecule has 132 valence electrons. The van der Waals surface area contributed by atoms with Crippen molar-refractivity contribution in [3.63, 3.8) is 0 Å². The van der Waals surface area contributed by atoms with Gasteiger partial charge in [-0.3, -0.25) is 4.79 Å². The number of nitrogens with one attached hydrogen (secondary N) is 1. The van der Waals surface area contributed by atoms with Crippen molar-refractivity contribution < 1.29 is 9.18 Å². The molecule has 0 spiro atoms. The third kappa shape index (κ3) is 3.94. The van der Waals surface area contributed by atoms with Gasteiger partial charge < -0.3 is 5.32 Å². The second kappa shape index (κ2) is 7.45. The molecule has 8 heteroatoms. The van der Waals surface area contributed by atoms with Crippen molar-refractivity contribution in [3.8, 4) is 11.3 Å². The van der Waals surface area contributed by atoms with E-state index in [1.54, 1.807) is 24.3 Å². The normalized spacial score (nSPS) is 11.8. The first kappa shape index (κ1) is 17.8. The highest BCUT2D eigenvalue weighted by Gasteiger charge is 2.18. The first-order valence-corrected chi connectivity index (χ1v) is 8.10. The maximum Gasteiger partial charge on any atom is 0.365 e. The molecule has 26 heavy (non-hydrogen) atoms. The zero-order chi connectivity index (χ0) is 18.7. The number of carbonyl (C=O) groups excluding carboxylic acids is 1. The monoisotopic (exact) mass is 372 g/mol. The van der Waals surface area contributed by atoms with Gasteiger partial charge in [0.05, 0.1) is 11.9 Å². The van der Waals surface area contributed by atoms with Crippen molar-refractivity contribution in [3.05, 3.63) is 76.1 Å². The lowest BCUT2D eigenvalue weighted by molar-refractivity contribution is -0.119. The summed E-state index contributed by atoms with van der Waals surface area (Å²) in [7, 11) is 0. The Morgan fingerprint density at radius 1 is 1.15 bits per heavy atom. The highest BCUT2D eigenvalue weighted by molar-refractivity contribution is 6.30. The fourth-order valence-electron chi connectivity index (χ4n) is 2.27. The molecule has 0 aliphatic carbocycles. The number of nitrogens with zero attached hydrogens (tertiary/aromatic N) is 3. The van der Waals surface area contributed by atoms with Crippen LogP contribution in [0.1, 0.15) is 13.0 Å². The van der Waals surface area contributed by atoms with Crippen LogP contribution >= 0.6 is 11.6 Å². The topological polar surface area (TPSA) is 76.9 Å². The molecular weight excluding hydrogens is 359 g/mol. The van der Waals surface area contributed by atoms with Crippen LogP contribution in [0.2, 0.25) is 5.02 Å². The molecular formula is C18H14ClFN4O2. The maximum absolute atomic E-state index is 12.9. The second-order valence-electron chi connectivity index (χ2n) is 5.55. The summed E-state index contributed by atoms with van der Waals surface area (Å²) in [4.78, 5) is 28.5. The summed E-state index contributed by atoms with van der Waals surface area (Å²) in [5, 5.41) is 7.21. The van der Waals surface area contributed by atoms with Crippen molar-refractivity contribution in [2.24, 2.45) is 0 Å². The number of aromatic nitrogens is 3. The number of anilines is 1. The molecule has 0 aliphatic rings. The first-order chi connectivity index (χ1) is 12.4. The predicted molar refractivity (Wildman–Crippen MR) is 96.5 cm³/mol. The molecule has 0 fully saturated rings. The van der Waals surface area contributed by atoms with E-state index in [9.17, 15) is 14.0 Å². The molecule has 1 heterocycles. The standard InChI is InChI=1S/C18H14ClFN4O2/c1-11(17(25)22-15-8-6-14(20)7-9-15)24-18(26)23-16(10-21-24)12-2-4-13(19)5-3-12/h2-11H,1H3,(H,22,25)/t11-/m1/s1. The molecule has 0 saturated carbocycles. The summed E-state index contributed by atoms with van der Waals surface area (Å²) >= 11 is 5.84. The lowest BCUT2D eigenvalue weighted by Crippen LogP contribution is -2.34. The molecule has 1 aromatic heterocycles. The molecule has 0 saturated heterocycles. The fraction of sp³-hybridized carbons (Fsp3) is 0.111. The number of amides is 1. The quantitative estimate of drug-likeness (QED) is 0.762. The van der Waals surface area contributed by atoms with Gasteiger partial charge >= 0.3 is 5.69 Å². The summed E-state index contributed by atoms with van der Waals surface area (Å²) in [6.45, 7) is 1.52. The van der Waals surface area contributed by atoms with Crippen molar-refractivity contribution in [1.29, 1.82) is 0 Å². The average Bonchev–Trinajstić information content (AvgIpc) is 2.63. The Labute approximate surface area is 153 Å². The van der Waals surface area contributed by atoms with E-state index in [0.717, 1.165) is 4.68 Å². The van der Waals surface area contributed by atoms with Gasteiger partial charge in [-0.05, 0) is 43.3 Å². The summed E-state index contributed by atoms with van der Waals surface area (Å²) in [5.41, 5.74) is 0.838. The number of halogens is 2. The maximum atomic E-state index is 12.9. The van der Waals surface area contributed by atoms with Crippen LogP contribution in [0.4, 0.5) is 10.1 Å². The van der Waals surface area contributed by atoms with Gasteiger partial charge in [0.25, 0.3) is 0 Å². The molecule has 3 rings (SSSR count). The number of carbonyl (C=O) groups is 1. The largest absolute Gasteiger partial charge is 0.365 e. The van der Waals surface area contributed by atoms with Crippen molar-refractivity contribution in [2.75, 3.05) is 5.32 Å². The zero-order valence-corrected chi connectivity index (χ0v) is 14.4. The molecule has 0 aliphatic heterocycles. The van der Waals surface area contributed by atoms with Gasteiger partial charge in [-0.1, -0.05) is 23.7 Å². The van der Waals surface area contributed by atoms with Gasteiger partial charge in [-0.15, -0.1) is 0 Å². The Kier molecular flexibility index (Phi) is 5.09. The van der Waals surface area contributed by atoms with Crippen molar-refractivity contribution >= 4 is 23.2 Å². The van der Waals surface area contributed by atoms with Crippen molar-refractivity contribution in [1.82, 2.24) is 14.8 Å². The number of benzene rings is 2. The SMILES string of the molecule is C[C@H](C(=O)Nc1ccc(F)cc1)n1ncc(-c2ccc(Cl)cc2)nc1=O. The van der Waals surface area contributed by atoms with E-state index in [4.69, 9.17) is 11.6 Å². The van der Waals surface area contributed by atoms with Gasteiger partial charge in [-0.25, -0.2) is 13.9 Å². The van der Waals surface area contributed by atoms with Gasteiger partial charge in [-0.2, -0.15) is 10.1 Å². The molecule has 2 aromatic carbocycles. The molecule has 0 bridgehead atoms. The lowest BCUT2D eigenvalue weighted by atomic mass is 10.2. The minimum absolute atomic E-state index is 0.383. The van der Waals surface area contributed by atoms with Gasteiger partial charge in [0.15, 0.2) is 0 Å². The van der Waals surface area contributed by atoms with E-state index < -0.39 is 23.5 Å². The lowest BCUT2D eigenvalue weighted by Gasteiger charge is -2.13. The Morgan fingerprint density at radius 2 is 1.81 bits per heavy atom. The van der Waals surface area contributed by atoms with Crippen LogP contribution in [-0.4, -0.2) is 20.7 Å². The van der Waals surface area contributed by atoms with E-state index in [1.165, 1.54) is 37.4 Å². The highest BCUT2D eigenvalue weighted by atomic mass is 35.5. The Bertz CT molecular complexity index is 987. The summed E-state index contributed by atoms with van der Waals surface area (Å²) in [6, 6.07) is 11.2. The average molecular weight is 373 g/mol. The number of rotatable bonds is 4. The van der Waals surface area contributed by atoms with Crippen LogP contribution in [0.5, 0.6) is 0 Å². The second-order valence-corrected chi connectivity index (χ2v) is 5.98. The van der Waals surface area contributed by atoms with E-state index in [2.05, 4.69) is 15.4 Å². The molecule has 3 aromatic rings. The fourth-order valence-corrected chi connectivity index (χ4v) is 2.39. The van der Waals surface area contributed by atoms with E-state index in [1.807, 2.05) is 0 Å². The van der Waals surface area contributed by atoms with Crippen LogP contribution in [0.3, 0.4) is 0 Å². The van der Waals surface area contributed by atoms with E-state index in [0.29, 0.717) is 22.0 Å². The predicted octanol–water partition coefficient (Wildman–Crippen LogP) is 3.30. The van der Waals surface area contributed by atoms with Gasteiger partial charge in [0.1, 0.15) is 11.9 Å². The molecule has 0 unspecified atom stereocenters. The molecule has 1 amide bonds. The third-order valence-electron chi connectivity index (χ3n) is 3.71. The minimum atomic E-state index is -0.890. The Balaban J connectivity index is 1.79. The summed E-state index contributed by atoms with van der Waals surface area (Å²) in [6.07, 6.45) is 1.41. The summed E-state index contributed by atoms with van der Waals surface area (Å²) in [5.74, 6) is -0.872. The van der Waals surface area contributed by atoms with Crippen LogP contribution in [-0.2, 0) is 4.79 Å².